The number of benzene rings is 1. The van der Waals surface area contributed by atoms with Gasteiger partial charge in [-0.25, -0.2) is 0 Å². The first kappa shape index (κ1) is 16.8. The zero-order valence-electron chi connectivity index (χ0n) is 13.4. The second-order valence-electron chi connectivity index (χ2n) is 5.12. The van der Waals surface area contributed by atoms with Gasteiger partial charge in [-0.1, -0.05) is 39.2 Å². The van der Waals surface area contributed by atoms with Gasteiger partial charge in [0.05, 0.1) is 14.2 Å². The van der Waals surface area contributed by atoms with Gasteiger partial charge in [0.15, 0.2) is 11.5 Å². The molecule has 1 atom stereocenters. The van der Waals surface area contributed by atoms with E-state index in [-0.39, 0.29) is 0 Å². The third-order valence-electron chi connectivity index (χ3n) is 3.55. The lowest BCUT2D eigenvalue weighted by Gasteiger charge is -2.20. The highest BCUT2D eigenvalue weighted by Gasteiger charge is 2.13. The highest BCUT2D eigenvalue weighted by molar-refractivity contribution is 5.43. The van der Waals surface area contributed by atoms with Crippen LogP contribution in [0, 0.1) is 0 Å². The molecule has 0 aliphatic rings. The zero-order valence-corrected chi connectivity index (χ0v) is 13.4. The van der Waals surface area contributed by atoms with E-state index in [0.29, 0.717) is 6.04 Å². The van der Waals surface area contributed by atoms with E-state index >= 15 is 0 Å². The van der Waals surface area contributed by atoms with E-state index in [9.17, 15) is 0 Å². The minimum Gasteiger partial charge on any atom is -0.493 e. The Morgan fingerprint density at radius 3 is 2.35 bits per heavy atom. The molecule has 3 nitrogen and oxygen atoms in total. The summed E-state index contributed by atoms with van der Waals surface area (Å²) in [6.45, 7) is 5.49. The van der Waals surface area contributed by atoms with Crippen LogP contribution < -0.4 is 14.8 Å². The second-order valence-corrected chi connectivity index (χ2v) is 5.12. The van der Waals surface area contributed by atoms with Crippen LogP contribution in [0.2, 0.25) is 0 Å². The van der Waals surface area contributed by atoms with Crippen LogP contribution in [0.25, 0.3) is 0 Å². The third-order valence-corrected chi connectivity index (χ3v) is 3.55. The first-order valence-corrected chi connectivity index (χ1v) is 7.72. The van der Waals surface area contributed by atoms with Crippen molar-refractivity contribution < 1.29 is 9.47 Å². The topological polar surface area (TPSA) is 30.5 Å². The largest absolute Gasteiger partial charge is 0.493 e. The Balaban J connectivity index is 2.82. The number of ether oxygens (including phenoxy) is 2. The van der Waals surface area contributed by atoms with Gasteiger partial charge >= 0.3 is 0 Å². The van der Waals surface area contributed by atoms with Gasteiger partial charge in [-0.3, -0.25) is 0 Å². The lowest BCUT2D eigenvalue weighted by atomic mass is 9.99. The van der Waals surface area contributed by atoms with E-state index in [0.717, 1.165) is 24.5 Å². The molecule has 20 heavy (non-hydrogen) atoms. The highest BCUT2D eigenvalue weighted by atomic mass is 16.5. The number of unbranched alkanes of at least 4 members (excludes halogenated alkanes) is 2. The van der Waals surface area contributed by atoms with Crippen LogP contribution in [0.3, 0.4) is 0 Å². The van der Waals surface area contributed by atoms with Crippen LogP contribution in [0.15, 0.2) is 18.2 Å². The monoisotopic (exact) mass is 279 g/mol. The number of hydrogen-bond donors (Lipinski definition) is 1. The molecule has 114 valence electrons. The fraction of sp³-hybridized carbons (Fsp3) is 0.647. The van der Waals surface area contributed by atoms with Crippen LogP contribution in [0.4, 0.5) is 0 Å². The van der Waals surface area contributed by atoms with Crippen molar-refractivity contribution in [1.29, 1.82) is 0 Å². The molecule has 0 bridgehead atoms. The summed E-state index contributed by atoms with van der Waals surface area (Å²) >= 11 is 0. The summed E-state index contributed by atoms with van der Waals surface area (Å²) in [5.74, 6) is 1.60. The Morgan fingerprint density at radius 1 is 1.00 bits per heavy atom. The molecular weight excluding hydrogens is 250 g/mol. The molecular formula is C17H29NO2. The molecule has 0 radical (unpaired) electrons. The van der Waals surface area contributed by atoms with Crippen molar-refractivity contribution >= 4 is 0 Å². The predicted octanol–water partition coefficient (Wildman–Crippen LogP) is 4.32. The van der Waals surface area contributed by atoms with Gasteiger partial charge in [0.25, 0.3) is 0 Å². The van der Waals surface area contributed by atoms with E-state index in [2.05, 4.69) is 31.3 Å². The molecule has 3 heteroatoms. The molecule has 1 aromatic carbocycles. The van der Waals surface area contributed by atoms with E-state index < -0.39 is 0 Å². The van der Waals surface area contributed by atoms with Crippen molar-refractivity contribution in [2.24, 2.45) is 0 Å². The quantitative estimate of drug-likeness (QED) is 0.647. The summed E-state index contributed by atoms with van der Waals surface area (Å²) in [5.41, 5.74) is 1.28. The van der Waals surface area contributed by atoms with Crippen LogP contribution >= 0.6 is 0 Å². The van der Waals surface area contributed by atoms with Crippen LogP contribution in [0.1, 0.15) is 57.6 Å². The maximum absolute atomic E-state index is 5.40. The summed E-state index contributed by atoms with van der Waals surface area (Å²) in [4.78, 5) is 0. The summed E-state index contributed by atoms with van der Waals surface area (Å²) in [7, 11) is 3.36. The Kier molecular flexibility index (Phi) is 8.12. The molecule has 0 spiro atoms. The number of methoxy groups -OCH3 is 2. The van der Waals surface area contributed by atoms with Crippen LogP contribution in [-0.4, -0.2) is 20.8 Å². The summed E-state index contributed by atoms with van der Waals surface area (Å²) in [6.07, 6.45) is 6.12. The first-order valence-electron chi connectivity index (χ1n) is 7.72. The Morgan fingerprint density at radius 2 is 1.75 bits per heavy atom. The number of nitrogens with one attached hydrogen (secondary N) is 1. The SMILES string of the molecule is CCCCCC(NCCC)c1ccc(OC)c(OC)c1. The molecule has 1 unspecified atom stereocenters. The Hall–Kier alpha value is -1.22. The summed E-state index contributed by atoms with van der Waals surface area (Å²) in [5, 5.41) is 3.64. The van der Waals surface area contributed by atoms with Gasteiger partial charge < -0.3 is 14.8 Å². The van der Waals surface area contributed by atoms with Crippen LogP contribution in [0.5, 0.6) is 11.5 Å². The fourth-order valence-corrected chi connectivity index (χ4v) is 2.37. The van der Waals surface area contributed by atoms with Crippen molar-refractivity contribution in [3.8, 4) is 11.5 Å². The van der Waals surface area contributed by atoms with Crippen molar-refractivity contribution in [3.05, 3.63) is 23.8 Å². The normalized spacial score (nSPS) is 12.2. The molecule has 0 fully saturated rings. The zero-order chi connectivity index (χ0) is 14.8. The summed E-state index contributed by atoms with van der Waals surface area (Å²) < 4.78 is 10.7. The van der Waals surface area contributed by atoms with E-state index in [1.54, 1.807) is 14.2 Å². The van der Waals surface area contributed by atoms with Crippen molar-refractivity contribution in [2.45, 2.75) is 52.0 Å². The first-order chi connectivity index (χ1) is 9.76. The lowest BCUT2D eigenvalue weighted by Crippen LogP contribution is -2.22. The molecule has 1 aromatic rings. The van der Waals surface area contributed by atoms with Crippen molar-refractivity contribution in [2.75, 3.05) is 20.8 Å². The minimum atomic E-state index is 0.404. The third kappa shape index (κ3) is 5.04. The van der Waals surface area contributed by atoms with E-state index in [1.165, 1.54) is 31.2 Å². The maximum Gasteiger partial charge on any atom is 0.161 e. The van der Waals surface area contributed by atoms with Gasteiger partial charge in [0.1, 0.15) is 0 Å². The molecule has 0 amide bonds. The lowest BCUT2D eigenvalue weighted by molar-refractivity contribution is 0.353. The number of rotatable bonds is 10. The molecule has 0 aliphatic carbocycles. The minimum absolute atomic E-state index is 0.404. The van der Waals surface area contributed by atoms with Crippen LogP contribution in [-0.2, 0) is 0 Å². The van der Waals surface area contributed by atoms with Gasteiger partial charge in [-0.15, -0.1) is 0 Å². The van der Waals surface area contributed by atoms with Gasteiger partial charge in [-0.05, 0) is 37.1 Å². The molecule has 0 aromatic heterocycles. The second kappa shape index (κ2) is 9.65. The molecule has 0 heterocycles. The highest BCUT2D eigenvalue weighted by Crippen LogP contribution is 2.31. The number of hydrogen-bond acceptors (Lipinski definition) is 3. The van der Waals surface area contributed by atoms with E-state index in [1.807, 2.05) is 6.07 Å². The van der Waals surface area contributed by atoms with Gasteiger partial charge in [0, 0.05) is 6.04 Å². The van der Waals surface area contributed by atoms with Gasteiger partial charge in [-0.2, -0.15) is 0 Å². The smallest absolute Gasteiger partial charge is 0.161 e. The van der Waals surface area contributed by atoms with Gasteiger partial charge in [0.2, 0.25) is 0 Å². The molecule has 1 rings (SSSR count). The maximum atomic E-state index is 5.40. The van der Waals surface area contributed by atoms with E-state index in [4.69, 9.17) is 9.47 Å². The van der Waals surface area contributed by atoms with Crippen molar-refractivity contribution in [3.63, 3.8) is 0 Å². The average Bonchev–Trinajstić information content (AvgIpc) is 2.50. The standard InChI is InChI=1S/C17H29NO2/c1-5-7-8-9-15(18-12-6-2)14-10-11-16(19-3)17(13-14)20-4/h10-11,13,15,18H,5-9,12H2,1-4H3. The molecule has 1 N–H and O–H groups in total. The molecule has 0 aliphatic heterocycles. The summed E-state index contributed by atoms with van der Waals surface area (Å²) in [6, 6.07) is 6.63. The fourth-order valence-electron chi connectivity index (χ4n) is 2.37. The Labute approximate surface area is 123 Å². The average molecular weight is 279 g/mol. The molecule has 0 saturated carbocycles. The van der Waals surface area contributed by atoms with Crippen molar-refractivity contribution in [1.82, 2.24) is 5.32 Å². The Bertz CT molecular complexity index is 379. The molecule has 0 saturated heterocycles. The predicted molar refractivity (Wildman–Crippen MR) is 84.7 cm³/mol.